The molecular formula is C8H20N. The van der Waals surface area contributed by atoms with Gasteiger partial charge in [0.2, 0.25) is 0 Å². The maximum absolute atomic E-state index is 2.25. The normalized spacial score (nSPS) is 8.67. The number of rotatable bonds is 5. The highest BCUT2D eigenvalue weighted by molar-refractivity contribution is 4.54. The molecule has 0 heterocycles. The average molecular weight is 130 g/mol. The van der Waals surface area contributed by atoms with Gasteiger partial charge in [0, 0.05) is 0 Å². The molecule has 0 amide bonds. The molecule has 0 aromatic carbocycles. The van der Waals surface area contributed by atoms with Crippen LogP contribution >= 0.6 is 0 Å². The molecule has 0 rings (SSSR count). The summed E-state index contributed by atoms with van der Waals surface area (Å²) in [6, 6.07) is 0. The summed E-state index contributed by atoms with van der Waals surface area (Å²) in [6.07, 6.45) is 9.12. The van der Waals surface area contributed by atoms with Gasteiger partial charge in [-0.2, -0.15) is 0 Å². The van der Waals surface area contributed by atoms with E-state index in [1.165, 1.54) is 32.1 Å². The summed E-state index contributed by atoms with van der Waals surface area (Å²) in [4.78, 5) is 0. The van der Waals surface area contributed by atoms with Crippen molar-refractivity contribution in [3.8, 4) is 0 Å². The van der Waals surface area contributed by atoms with Gasteiger partial charge in [-0.3, -0.25) is 0 Å². The lowest BCUT2D eigenvalue weighted by molar-refractivity contribution is 0.662. The molecule has 0 saturated carbocycles. The van der Waals surface area contributed by atoms with Crippen LogP contribution in [0.15, 0.2) is 0 Å². The molecule has 0 spiro atoms. The SMILES string of the molecule is C[CH]CCCCCC.N. The quantitative estimate of drug-likeness (QED) is 0.569. The van der Waals surface area contributed by atoms with Crippen LogP contribution in [0.5, 0.6) is 0 Å². The third kappa shape index (κ3) is 11.5. The molecule has 1 heteroatoms. The zero-order valence-electron chi connectivity index (χ0n) is 6.82. The number of hydrogen-bond acceptors (Lipinski definition) is 1. The molecule has 0 aliphatic carbocycles. The summed E-state index contributed by atoms with van der Waals surface area (Å²) in [6.45, 7) is 4.38. The Morgan fingerprint density at radius 1 is 1.11 bits per heavy atom. The monoisotopic (exact) mass is 130 g/mol. The molecule has 0 aliphatic heterocycles. The van der Waals surface area contributed by atoms with Gasteiger partial charge in [-0.15, -0.1) is 0 Å². The van der Waals surface area contributed by atoms with Gasteiger partial charge in [0.1, 0.15) is 0 Å². The minimum atomic E-state index is 0. The third-order valence-corrected chi connectivity index (χ3v) is 1.35. The second-order valence-electron chi connectivity index (χ2n) is 2.26. The Morgan fingerprint density at radius 3 is 2.22 bits per heavy atom. The van der Waals surface area contributed by atoms with Crippen molar-refractivity contribution in [2.45, 2.75) is 46.0 Å². The van der Waals surface area contributed by atoms with Crippen LogP contribution in [0.4, 0.5) is 0 Å². The topological polar surface area (TPSA) is 35.0 Å². The molecule has 0 fully saturated rings. The largest absolute Gasteiger partial charge is 0.344 e. The maximum atomic E-state index is 2.25. The van der Waals surface area contributed by atoms with E-state index in [9.17, 15) is 0 Å². The Labute approximate surface area is 59.4 Å². The number of hydrogen-bond donors (Lipinski definition) is 1. The van der Waals surface area contributed by atoms with E-state index in [-0.39, 0.29) is 6.15 Å². The van der Waals surface area contributed by atoms with Gasteiger partial charge in [-0.1, -0.05) is 46.0 Å². The van der Waals surface area contributed by atoms with Crippen LogP contribution in [0.2, 0.25) is 0 Å². The molecular weight excluding hydrogens is 110 g/mol. The lowest BCUT2D eigenvalue weighted by Gasteiger charge is -1.93. The first-order chi connectivity index (χ1) is 3.91. The molecule has 0 unspecified atom stereocenters. The van der Waals surface area contributed by atoms with E-state index in [0.717, 1.165) is 0 Å². The molecule has 3 N–H and O–H groups in total. The van der Waals surface area contributed by atoms with Crippen molar-refractivity contribution < 1.29 is 0 Å². The molecule has 0 atom stereocenters. The van der Waals surface area contributed by atoms with Gasteiger partial charge in [0.05, 0.1) is 0 Å². The van der Waals surface area contributed by atoms with E-state index in [0.29, 0.717) is 0 Å². The first-order valence-corrected chi connectivity index (χ1v) is 3.69. The summed E-state index contributed by atoms with van der Waals surface area (Å²) >= 11 is 0. The molecule has 57 valence electrons. The van der Waals surface area contributed by atoms with E-state index >= 15 is 0 Å². The van der Waals surface area contributed by atoms with Crippen molar-refractivity contribution in [3.05, 3.63) is 6.42 Å². The van der Waals surface area contributed by atoms with Crippen LogP contribution in [0.1, 0.15) is 46.0 Å². The van der Waals surface area contributed by atoms with Crippen LogP contribution in [-0.2, 0) is 0 Å². The fraction of sp³-hybridized carbons (Fsp3) is 0.875. The summed E-state index contributed by atoms with van der Waals surface area (Å²) < 4.78 is 0. The van der Waals surface area contributed by atoms with Gasteiger partial charge >= 0.3 is 0 Å². The minimum Gasteiger partial charge on any atom is -0.344 e. The molecule has 0 saturated heterocycles. The Hall–Kier alpha value is -0.0400. The molecule has 9 heavy (non-hydrogen) atoms. The van der Waals surface area contributed by atoms with E-state index in [2.05, 4.69) is 20.3 Å². The second-order valence-corrected chi connectivity index (χ2v) is 2.26. The Morgan fingerprint density at radius 2 is 1.78 bits per heavy atom. The highest BCUT2D eigenvalue weighted by Crippen LogP contribution is 2.02. The molecule has 0 bridgehead atoms. The van der Waals surface area contributed by atoms with Crippen molar-refractivity contribution in [1.82, 2.24) is 6.15 Å². The molecule has 0 aromatic rings. The second kappa shape index (κ2) is 10.9. The van der Waals surface area contributed by atoms with Crippen LogP contribution in [0.25, 0.3) is 0 Å². The van der Waals surface area contributed by atoms with E-state index in [1.54, 1.807) is 0 Å². The van der Waals surface area contributed by atoms with Gasteiger partial charge in [0.15, 0.2) is 0 Å². The summed E-state index contributed by atoms with van der Waals surface area (Å²) in [5, 5.41) is 0. The van der Waals surface area contributed by atoms with Crippen molar-refractivity contribution in [3.63, 3.8) is 0 Å². The van der Waals surface area contributed by atoms with Crippen LogP contribution in [0, 0.1) is 6.42 Å². The molecule has 0 aromatic heterocycles. The first-order valence-electron chi connectivity index (χ1n) is 3.69. The predicted molar refractivity (Wildman–Crippen MR) is 43.8 cm³/mol. The minimum absolute atomic E-state index is 0. The third-order valence-electron chi connectivity index (χ3n) is 1.35. The number of unbranched alkanes of at least 4 members (excludes halogenated alkanes) is 5. The lowest BCUT2D eigenvalue weighted by Crippen LogP contribution is -1.74. The van der Waals surface area contributed by atoms with Crippen molar-refractivity contribution in [1.29, 1.82) is 0 Å². The van der Waals surface area contributed by atoms with Crippen LogP contribution < -0.4 is 6.15 Å². The Kier molecular flexibility index (Phi) is 14.1. The van der Waals surface area contributed by atoms with Crippen LogP contribution in [-0.4, -0.2) is 0 Å². The average Bonchev–Trinajstić information content (AvgIpc) is 1.81. The van der Waals surface area contributed by atoms with E-state index in [4.69, 9.17) is 0 Å². The summed E-state index contributed by atoms with van der Waals surface area (Å²) in [5.41, 5.74) is 0. The molecule has 1 radical (unpaired) electrons. The van der Waals surface area contributed by atoms with Crippen LogP contribution in [0.3, 0.4) is 0 Å². The molecule has 0 aliphatic rings. The fourth-order valence-electron chi connectivity index (χ4n) is 0.775. The standard InChI is InChI=1S/C8H17.H3N/c1-3-5-7-8-6-4-2;/h3H,4-8H2,1-2H3;1H3. The smallest absolute Gasteiger partial charge is 0.0417 e. The lowest BCUT2D eigenvalue weighted by atomic mass is 10.1. The Bertz CT molecular complexity index is 29.5. The van der Waals surface area contributed by atoms with Gasteiger partial charge < -0.3 is 6.15 Å². The van der Waals surface area contributed by atoms with Gasteiger partial charge in [-0.05, 0) is 6.42 Å². The van der Waals surface area contributed by atoms with Gasteiger partial charge in [0.25, 0.3) is 0 Å². The highest BCUT2D eigenvalue weighted by atomic mass is 14.0. The Balaban J connectivity index is 0. The van der Waals surface area contributed by atoms with Crippen molar-refractivity contribution in [2.24, 2.45) is 0 Å². The maximum Gasteiger partial charge on any atom is -0.0417 e. The summed E-state index contributed by atoms with van der Waals surface area (Å²) in [7, 11) is 0. The molecule has 1 nitrogen and oxygen atoms in total. The van der Waals surface area contributed by atoms with Crippen molar-refractivity contribution >= 4 is 0 Å². The van der Waals surface area contributed by atoms with E-state index in [1.807, 2.05) is 0 Å². The summed E-state index contributed by atoms with van der Waals surface area (Å²) in [5.74, 6) is 0. The predicted octanol–water partition coefficient (Wildman–Crippen LogP) is 3.34. The highest BCUT2D eigenvalue weighted by Gasteiger charge is 1.83. The van der Waals surface area contributed by atoms with Crippen molar-refractivity contribution in [2.75, 3.05) is 0 Å². The zero-order chi connectivity index (χ0) is 6.24. The van der Waals surface area contributed by atoms with E-state index < -0.39 is 0 Å². The van der Waals surface area contributed by atoms with Gasteiger partial charge in [-0.25, -0.2) is 0 Å². The first kappa shape index (κ1) is 11.7. The zero-order valence-corrected chi connectivity index (χ0v) is 6.82. The fourth-order valence-corrected chi connectivity index (χ4v) is 0.775.